The van der Waals surface area contributed by atoms with Gasteiger partial charge in [0, 0.05) is 22.6 Å². The van der Waals surface area contributed by atoms with Crippen LogP contribution in [0.1, 0.15) is 44.2 Å². The molecule has 1 atom stereocenters. The molecule has 0 aromatic heterocycles. The Morgan fingerprint density at radius 2 is 2.10 bits per heavy atom. The molecule has 1 aromatic carbocycles. The third-order valence-corrected chi connectivity index (χ3v) is 4.83. The summed E-state index contributed by atoms with van der Waals surface area (Å²) in [5.41, 5.74) is 7.30. The van der Waals surface area contributed by atoms with E-state index in [1.165, 1.54) is 31.2 Å². The maximum Gasteiger partial charge on any atom is 0.123 e. The maximum absolute atomic E-state index is 6.11. The first kappa shape index (κ1) is 15.8. The van der Waals surface area contributed by atoms with Gasteiger partial charge in [-0.3, -0.25) is 4.90 Å². The van der Waals surface area contributed by atoms with Crippen LogP contribution in [0.4, 0.5) is 0 Å². The van der Waals surface area contributed by atoms with Gasteiger partial charge in [-0.2, -0.15) is 0 Å². The fourth-order valence-corrected chi connectivity index (χ4v) is 3.75. The van der Waals surface area contributed by atoms with Gasteiger partial charge in [0.15, 0.2) is 0 Å². The summed E-state index contributed by atoms with van der Waals surface area (Å²) in [7, 11) is 1.73. The van der Waals surface area contributed by atoms with Crippen molar-refractivity contribution in [1.82, 2.24) is 4.90 Å². The van der Waals surface area contributed by atoms with Crippen LogP contribution >= 0.6 is 15.9 Å². The molecule has 0 aliphatic heterocycles. The molecular weight excluding hydrogens is 316 g/mol. The van der Waals surface area contributed by atoms with Crippen LogP contribution in [0.2, 0.25) is 0 Å². The Balaban J connectivity index is 2.32. The number of hydrogen-bond donors (Lipinski definition) is 1. The molecule has 1 fully saturated rings. The highest BCUT2D eigenvalue weighted by molar-refractivity contribution is 9.10. The molecule has 0 spiro atoms. The molecule has 1 aliphatic carbocycles. The third kappa shape index (κ3) is 3.35. The van der Waals surface area contributed by atoms with E-state index in [1.54, 1.807) is 7.11 Å². The van der Waals surface area contributed by atoms with E-state index < -0.39 is 0 Å². The minimum atomic E-state index is 0.232. The van der Waals surface area contributed by atoms with Gasteiger partial charge in [-0.25, -0.2) is 0 Å². The zero-order chi connectivity index (χ0) is 14.5. The minimum absolute atomic E-state index is 0.232. The second-order valence-electron chi connectivity index (χ2n) is 5.41. The lowest BCUT2D eigenvalue weighted by Gasteiger charge is -2.36. The van der Waals surface area contributed by atoms with Crippen LogP contribution in [0.5, 0.6) is 5.75 Å². The molecule has 0 saturated heterocycles. The predicted molar refractivity (Wildman–Crippen MR) is 87.1 cm³/mol. The maximum atomic E-state index is 6.11. The molecule has 0 amide bonds. The standard InChI is InChI=1S/C16H25BrN2O/c1-3-19(13-6-4-5-7-13)15(11-18)14-10-12(17)8-9-16(14)20-2/h8-10,13,15H,3-7,11,18H2,1-2H3. The zero-order valence-corrected chi connectivity index (χ0v) is 14.0. The van der Waals surface area contributed by atoms with Crippen LogP contribution in [0, 0.1) is 0 Å². The van der Waals surface area contributed by atoms with Gasteiger partial charge in [0.1, 0.15) is 5.75 Å². The van der Waals surface area contributed by atoms with E-state index in [-0.39, 0.29) is 6.04 Å². The molecule has 2 rings (SSSR count). The van der Waals surface area contributed by atoms with E-state index in [2.05, 4.69) is 33.8 Å². The van der Waals surface area contributed by atoms with Crippen molar-refractivity contribution in [3.05, 3.63) is 28.2 Å². The third-order valence-electron chi connectivity index (χ3n) is 4.33. The van der Waals surface area contributed by atoms with Crippen molar-refractivity contribution in [1.29, 1.82) is 0 Å². The summed E-state index contributed by atoms with van der Waals surface area (Å²) >= 11 is 3.56. The minimum Gasteiger partial charge on any atom is -0.496 e. The number of ether oxygens (including phenoxy) is 1. The summed E-state index contributed by atoms with van der Waals surface area (Å²) in [6, 6.07) is 7.08. The number of benzene rings is 1. The molecule has 3 nitrogen and oxygen atoms in total. The van der Waals surface area contributed by atoms with Gasteiger partial charge < -0.3 is 10.5 Å². The van der Waals surface area contributed by atoms with E-state index in [0.717, 1.165) is 16.8 Å². The first-order valence-corrected chi connectivity index (χ1v) is 8.29. The van der Waals surface area contributed by atoms with Crippen LogP contribution in [0.15, 0.2) is 22.7 Å². The Kier molecular flexibility index (Phi) is 5.87. The van der Waals surface area contributed by atoms with Crippen molar-refractivity contribution in [2.75, 3.05) is 20.2 Å². The highest BCUT2D eigenvalue weighted by atomic mass is 79.9. The molecule has 4 heteroatoms. The van der Waals surface area contributed by atoms with Crippen LogP contribution in [-0.4, -0.2) is 31.1 Å². The number of likely N-dealkylation sites (N-methyl/N-ethyl adjacent to an activating group) is 1. The average Bonchev–Trinajstić information content (AvgIpc) is 2.98. The van der Waals surface area contributed by atoms with E-state index >= 15 is 0 Å². The second kappa shape index (κ2) is 7.43. The summed E-state index contributed by atoms with van der Waals surface area (Å²) in [4.78, 5) is 2.55. The fourth-order valence-electron chi connectivity index (χ4n) is 3.38. The molecule has 0 bridgehead atoms. The molecule has 112 valence electrons. The molecule has 1 aromatic rings. The molecule has 2 N–H and O–H groups in total. The summed E-state index contributed by atoms with van der Waals surface area (Å²) in [5, 5.41) is 0. The van der Waals surface area contributed by atoms with Crippen LogP contribution in [0.25, 0.3) is 0 Å². The van der Waals surface area contributed by atoms with Crippen molar-refractivity contribution >= 4 is 15.9 Å². The van der Waals surface area contributed by atoms with Gasteiger partial charge in [-0.05, 0) is 37.6 Å². The molecule has 0 heterocycles. The smallest absolute Gasteiger partial charge is 0.123 e. The van der Waals surface area contributed by atoms with Crippen molar-refractivity contribution in [3.63, 3.8) is 0 Å². The summed E-state index contributed by atoms with van der Waals surface area (Å²) in [5.74, 6) is 0.931. The molecule has 1 unspecified atom stereocenters. The van der Waals surface area contributed by atoms with Gasteiger partial charge in [0.05, 0.1) is 13.2 Å². The quantitative estimate of drug-likeness (QED) is 0.857. The van der Waals surface area contributed by atoms with E-state index in [1.807, 2.05) is 12.1 Å². The lowest BCUT2D eigenvalue weighted by Crippen LogP contribution is -2.40. The topological polar surface area (TPSA) is 38.5 Å². The zero-order valence-electron chi connectivity index (χ0n) is 12.4. The Labute approximate surface area is 130 Å². The van der Waals surface area contributed by atoms with Crippen molar-refractivity contribution in [3.8, 4) is 5.75 Å². The number of methoxy groups -OCH3 is 1. The van der Waals surface area contributed by atoms with Crippen molar-refractivity contribution < 1.29 is 4.74 Å². The first-order chi connectivity index (χ1) is 9.71. The van der Waals surface area contributed by atoms with E-state index in [9.17, 15) is 0 Å². The number of nitrogens with two attached hydrogens (primary N) is 1. The number of rotatable bonds is 6. The SMILES string of the molecule is CCN(C1CCCC1)C(CN)c1cc(Br)ccc1OC. The van der Waals surface area contributed by atoms with Crippen LogP contribution in [0.3, 0.4) is 0 Å². The lowest BCUT2D eigenvalue weighted by atomic mass is 10.0. The summed E-state index contributed by atoms with van der Waals surface area (Å²) in [6.45, 7) is 3.88. The van der Waals surface area contributed by atoms with Crippen LogP contribution < -0.4 is 10.5 Å². The highest BCUT2D eigenvalue weighted by Gasteiger charge is 2.29. The lowest BCUT2D eigenvalue weighted by molar-refractivity contribution is 0.145. The highest BCUT2D eigenvalue weighted by Crippen LogP contribution is 2.35. The van der Waals surface area contributed by atoms with Crippen molar-refractivity contribution in [2.45, 2.75) is 44.7 Å². The molecule has 1 saturated carbocycles. The van der Waals surface area contributed by atoms with Gasteiger partial charge >= 0.3 is 0 Å². The molecule has 0 radical (unpaired) electrons. The fraction of sp³-hybridized carbons (Fsp3) is 0.625. The Morgan fingerprint density at radius 3 is 2.65 bits per heavy atom. The number of nitrogens with zero attached hydrogens (tertiary/aromatic N) is 1. The first-order valence-electron chi connectivity index (χ1n) is 7.50. The molecular formula is C16H25BrN2O. The normalized spacial score (nSPS) is 17.6. The molecule has 20 heavy (non-hydrogen) atoms. The summed E-state index contributed by atoms with van der Waals surface area (Å²) in [6.07, 6.45) is 5.27. The van der Waals surface area contributed by atoms with Gasteiger partial charge in [-0.1, -0.05) is 35.7 Å². The van der Waals surface area contributed by atoms with Crippen molar-refractivity contribution in [2.24, 2.45) is 5.73 Å². The summed E-state index contributed by atoms with van der Waals surface area (Å²) < 4.78 is 6.62. The Bertz CT molecular complexity index is 432. The monoisotopic (exact) mass is 340 g/mol. The van der Waals surface area contributed by atoms with E-state index in [4.69, 9.17) is 10.5 Å². The second-order valence-corrected chi connectivity index (χ2v) is 6.32. The van der Waals surface area contributed by atoms with Gasteiger partial charge in [0.2, 0.25) is 0 Å². The van der Waals surface area contributed by atoms with Gasteiger partial charge in [-0.15, -0.1) is 0 Å². The number of hydrogen-bond acceptors (Lipinski definition) is 3. The van der Waals surface area contributed by atoms with Crippen LogP contribution in [-0.2, 0) is 0 Å². The Morgan fingerprint density at radius 1 is 1.40 bits per heavy atom. The Hall–Kier alpha value is -0.580. The number of halogens is 1. The average molecular weight is 341 g/mol. The predicted octanol–water partition coefficient (Wildman–Crippen LogP) is 3.72. The largest absolute Gasteiger partial charge is 0.496 e. The van der Waals surface area contributed by atoms with Gasteiger partial charge in [0.25, 0.3) is 0 Å². The molecule has 1 aliphatic rings. The van der Waals surface area contributed by atoms with E-state index in [0.29, 0.717) is 12.6 Å².